The Morgan fingerprint density at radius 1 is 1.46 bits per heavy atom. The molecule has 1 fully saturated rings. The Morgan fingerprint density at radius 3 is 2.79 bits per heavy atom. The Balaban J connectivity index is 1.73. The van der Waals surface area contributed by atoms with Crippen LogP contribution < -0.4 is 5.32 Å². The molecule has 2 aromatic rings. The highest BCUT2D eigenvalue weighted by molar-refractivity contribution is 8.01. The van der Waals surface area contributed by atoms with Gasteiger partial charge in [-0.3, -0.25) is 19.9 Å². The van der Waals surface area contributed by atoms with Gasteiger partial charge in [-0.1, -0.05) is 41.9 Å². The van der Waals surface area contributed by atoms with E-state index in [1.165, 1.54) is 18.5 Å². The molecule has 1 N–H and O–H groups in total. The zero-order valence-electron chi connectivity index (χ0n) is 15.0. The number of likely N-dealkylation sites (tertiary alicyclic amines) is 1. The van der Waals surface area contributed by atoms with E-state index in [1.807, 2.05) is 0 Å². The molecule has 1 aliphatic heterocycles. The maximum atomic E-state index is 12.5. The summed E-state index contributed by atoms with van der Waals surface area (Å²) in [6, 6.07) is 1.30. The first-order valence-corrected chi connectivity index (χ1v) is 11.0. The molecule has 2 aromatic heterocycles. The van der Waals surface area contributed by atoms with Crippen LogP contribution >= 0.6 is 46.3 Å². The molecule has 0 spiro atoms. The minimum Gasteiger partial charge on any atom is -0.351 e. The number of aromatic nitrogens is 1. The zero-order valence-corrected chi connectivity index (χ0v) is 18.1. The van der Waals surface area contributed by atoms with E-state index in [1.54, 1.807) is 0 Å². The third-order valence-electron chi connectivity index (χ3n) is 4.47. The topological polar surface area (TPSA) is 88.4 Å². The van der Waals surface area contributed by atoms with E-state index in [9.17, 15) is 14.9 Å². The van der Waals surface area contributed by atoms with E-state index in [4.69, 9.17) is 23.2 Å². The number of pyridine rings is 1. The lowest BCUT2D eigenvalue weighted by atomic mass is 10.1. The van der Waals surface area contributed by atoms with Crippen LogP contribution in [-0.4, -0.2) is 46.9 Å². The number of amides is 1. The third kappa shape index (κ3) is 4.96. The van der Waals surface area contributed by atoms with Gasteiger partial charge in [0.25, 0.3) is 11.6 Å². The predicted molar refractivity (Wildman–Crippen MR) is 112 cm³/mol. The van der Waals surface area contributed by atoms with Crippen molar-refractivity contribution in [2.75, 3.05) is 26.2 Å². The SMILES string of the molecule is CCN1CCC(CNC(=O)c2cc([N+](=O)[O-])c(Sc3c(Cl)cncc3Cl)s2)C1. The van der Waals surface area contributed by atoms with Gasteiger partial charge in [0, 0.05) is 31.5 Å². The fourth-order valence-corrected chi connectivity index (χ4v) is 5.74. The molecule has 1 amide bonds. The summed E-state index contributed by atoms with van der Waals surface area (Å²) in [7, 11) is 0. The van der Waals surface area contributed by atoms with Crippen LogP contribution in [0.4, 0.5) is 5.69 Å². The van der Waals surface area contributed by atoms with Crippen molar-refractivity contribution >= 4 is 57.9 Å². The average molecular weight is 461 g/mol. The molecule has 150 valence electrons. The fourth-order valence-electron chi connectivity index (χ4n) is 2.96. The van der Waals surface area contributed by atoms with E-state index in [-0.39, 0.29) is 11.6 Å². The summed E-state index contributed by atoms with van der Waals surface area (Å²) < 4.78 is 0.350. The lowest BCUT2D eigenvalue weighted by Gasteiger charge is -2.13. The second-order valence-electron chi connectivity index (χ2n) is 6.33. The van der Waals surface area contributed by atoms with Gasteiger partial charge in [0.15, 0.2) is 0 Å². The van der Waals surface area contributed by atoms with E-state index in [2.05, 4.69) is 22.1 Å². The van der Waals surface area contributed by atoms with Crippen molar-refractivity contribution in [3.05, 3.63) is 43.5 Å². The van der Waals surface area contributed by atoms with Crippen molar-refractivity contribution in [1.82, 2.24) is 15.2 Å². The standard InChI is InChI=1S/C17H18Cl2N4O3S2/c1-2-22-4-3-10(9-22)6-21-16(24)14-5-13(23(25)26)17(27-14)28-15-11(18)7-20-8-12(15)19/h5,7-8,10H,2-4,6,9H2,1H3,(H,21,24). The molecule has 0 bridgehead atoms. The molecule has 1 atom stereocenters. The number of nitro groups is 1. The van der Waals surface area contributed by atoms with Crippen LogP contribution in [0.25, 0.3) is 0 Å². The molecule has 1 unspecified atom stereocenters. The van der Waals surface area contributed by atoms with E-state index >= 15 is 0 Å². The average Bonchev–Trinajstić information content (AvgIpc) is 3.29. The number of thiophene rings is 1. The fraction of sp³-hybridized carbons (Fsp3) is 0.412. The number of nitrogens with zero attached hydrogens (tertiary/aromatic N) is 3. The van der Waals surface area contributed by atoms with Gasteiger partial charge in [-0.25, -0.2) is 0 Å². The number of carbonyl (C=O) groups is 1. The minimum absolute atomic E-state index is 0.137. The maximum Gasteiger partial charge on any atom is 0.294 e. The van der Waals surface area contributed by atoms with Crippen LogP contribution in [0.15, 0.2) is 27.6 Å². The molecule has 0 radical (unpaired) electrons. The van der Waals surface area contributed by atoms with Gasteiger partial charge >= 0.3 is 0 Å². The molecule has 1 aliphatic rings. The highest BCUT2D eigenvalue weighted by atomic mass is 35.5. The Labute approximate surface area is 180 Å². The van der Waals surface area contributed by atoms with Crippen molar-refractivity contribution in [1.29, 1.82) is 0 Å². The van der Waals surface area contributed by atoms with Gasteiger partial charge in [-0.05, 0) is 25.4 Å². The summed E-state index contributed by atoms with van der Waals surface area (Å²) in [6.07, 6.45) is 3.88. The van der Waals surface area contributed by atoms with Gasteiger partial charge in [-0.2, -0.15) is 0 Å². The Bertz CT molecular complexity index is 873. The smallest absolute Gasteiger partial charge is 0.294 e. The van der Waals surface area contributed by atoms with Gasteiger partial charge in [0.2, 0.25) is 0 Å². The summed E-state index contributed by atoms with van der Waals surface area (Å²) in [6.45, 7) is 5.68. The van der Waals surface area contributed by atoms with Crippen LogP contribution in [0.3, 0.4) is 0 Å². The molecule has 0 aromatic carbocycles. The summed E-state index contributed by atoms with van der Waals surface area (Å²) in [4.78, 5) is 30.4. The van der Waals surface area contributed by atoms with E-state index < -0.39 is 4.92 Å². The molecule has 28 heavy (non-hydrogen) atoms. The number of hydrogen-bond donors (Lipinski definition) is 1. The minimum atomic E-state index is -0.505. The first kappa shape index (κ1) is 21.3. The maximum absolute atomic E-state index is 12.5. The predicted octanol–water partition coefficient (Wildman–Crippen LogP) is 4.58. The highest BCUT2D eigenvalue weighted by Crippen LogP contribution is 2.45. The summed E-state index contributed by atoms with van der Waals surface area (Å²) in [5.74, 6) is 0.101. The molecule has 3 rings (SSSR count). The molecule has 0 aliphatic carbocycles. The van der Waals surface area contributed by atoms with Crippen molar-refractivity contribution in [2.24, 2.45) is 5.92 Å². The highest BCUT2D eigenvalue weighted by Gasteiger charge is 2.26. The number of hydrogen-bond acceptors (Lipinski definition) is 7. The Kier molecular flexibility index (Phi) is 7.16. The number of nitrogens with one attached hydrogen (secondary N) is 1. The van der Waals surface area contributed by atoms with Crippen molar-refractivity contribution in [2.45, 2.75) is 22.4 Å². The first-order valence-electron chi connectivity index (χ1n) is 8.64. The van der Waals surface area contributed by atoms with Crippen molar-refractivity contribution in [3.63, 3.8) is 0 Å². The Hall–Kier alpha value is -1.39. The van der Waals surface area contributed by atoms with E-state index in [0.717, 1.165) is 49.2 Å². The number of carbonyl (C=O) groups excluding carboxylic acids is 1. The quantitative estimate of drug-likeness (QED) is 0.480. The molecular formula is C17H18Cl2N4O3S2. The second-order valence-corrected chi connectivity index (χ2v) is 9.48. The summed E-state index contributed by atoms with van der Waals surface area (Å²) in [5.41, 5.74) is -0.137. The Morgan fingerprint density at radius 2 is 2.18 bits per heavy atom. The molecule has 1 saturated heterocycles. The molecule has 11 heteroatoms. The summed E-state index contributed by atoms with van der Waals surface area (Å²) >= 11 is 14.3. The largest absolute Gasteiger partial charge is 0.351 e. The van der Waals surface area contributed by atoms with Gasteiger partial charge in [0.1, 0.15) is 9.09 Å². The van der Waals surface area contributed by atoms with Crippen LogP contribution in [0, 0.1) is 16.0 Å². The molecule has 7 nitrogen and oxygen atoms in total. The van der Waals surface area contributed by atoms with Gasteiger partial charge in [-0.15, -0.1) is 11.3 Å². The number of halogens is 2. The lowest BCUT2D eigenvalue weighted by Crippen LogP contribution is -2.30. The van der Waals surface area contributed by atoms with Crippen LogP contribution in [0.1, 0.15) is 23.0 Å². The lowest BCUT2D eigenvalue weighted by molar-refractivity contribution is -0.387. The van der Waals surface area contributed by atoms with Gasteiger partial charge < -0.3 is 10.2 Å². The molecular weight excluding hydrogens is 443 g/mol. The van der Waals surface area contributed by atoms with Crippen molar-refractivity contribution < 1.29 is 9.72 Å². The molecule has 3 heterocycles. The monoisotopic (exact) mass is 460 g/mol. The van der Waals surface area contributed by atoms with Crippen LogP contribution in [0.2, 0.25) is 10.0 Å². The van der Waals surface area contributed by atoms with Crippen molar-refractivity contribution in [3.8, 4) is 0 Å². The second kappa shape index (κ2) is 9.41. The van der Waals surface area contributed by atoms with Crippen LogP contribution in [-0.2, 0) is 0 Å². The molecule has 0 saturated carbocycles. The number of rotatable bonds is 7. The zero-order chi connectivity index (χ0) is 20.3. The van der Waals surface area contributed by atoms with Gasteiger partial charge in [0.05, 0.1) is 19.9 Å². The normalized spacial score (nSPS) is 17.0. The first-order chi connectivity index (χ1) is 13.4. The van der Waals surface area contributed by atoms with E-state index in [0.29, 0.717) is 36.5 Å². The third-order valence-corrected chi connectivity index (χ3v) is 7.73. The summed E-state index contributed by atoms with van der Waals surface area (Å²) in [5, 5.41) is 14.9. The van der Waals surface area contributed by atoms with Crippen LogP contribution in [0.5, 0.6) is 0 Å².